The highest BCUT2D eigenvalue weighted by molar-refractivity contribution is 5.76. The molecule has 0 aromatic heterocycles. The summed E-state index contributed by atoms with van der Waals surface area (Å²) in [5, 5.41) is 3.16. The normalized spacial score (nSPS) is 16.0. The molecule has 0 radical (unpaired) electrons. The number of benzene rings is 2. The van der Waals surface area contributed by atoms with Crippen molar-refractivity contribution in [2.45, 2.75) is 32.2 Å². The third-order valence-corrected chi connectivity index (χ3v) is 5.24. The van der Waals surface area contributed by atoms with Crippen molar-refractivity contribution in [3.8, 4) is 0 Å². The van der Waals surface area contributed by atoms with Crippen LogP contribution in [-0.4, -0.2) is 43.7 Å². The van der Waals surface area contributed by atoms with Crippen LogP contribution in [0, 0.1) is 0 Å². The quantitative estimate of drug-likeness (QED) is 0.779. The van der Waals surface area contributed by atoms with Gasteiger partial charge >= 0.3 is 0 Å². The van der Waals surface area contributed by atoms with Crippen LogP contribution in [0.25, 0.3) is 0 Å². The van der Waals surface area contributed by atoms with Crippen LogP contribution in [-0.2, 0) is 22.4 Å². The number of carbonyl (C=O) groups excluding carboxylic acids is 1. The van der Waals surface area contributed by atoms with Crippen molar-refractivity contribution in [3.05, 3.63) is 71.3 Å². The first kappa shape index (κ1) is 19.6. The van der Waals surface area contributed by atoms with Crippen LogP contribution in [0.4, 0.5) is 0 Å². The Morgan fingerprint density at radius 3 is 2.41 bits per heavy atom. The predicted octanol–water partition coefficient (Wildman–Crippen LogP) is 3.37. The molecule has 0 saturated carbocycles. The van der Waals surface area contributed by atoms with Crippen molar-refractivity contribution >= 4 is 5.91 Å². The molecule has 4 heteroatoms. The summed E-state index contributed by atoms with van der Waals surface area (Å²) in [5.41, 5.74) is 3.80. The van der Waals surface area contributed by atoms with Gasteiger partial charge in [-0.25, -0.2) is 0 Å². The lowest BCUT2D eigenvalue weighted by Crippen LogP contribution is -2.43. The summed E-state index contributed by atoms with van der Waals surface area (Å²) in [5.74, 6) is 0.113. The van der Waals surface area contributed by atoms with Gasteiger partial charge in [-0.2, -0.15) is 0 Å². The average Bonchev–Trinajstić information content (AvgIpc) is 2.74. The lowest BCUT2D eigenvalue weighted by Gasteiger charge is -2.35. The molecular formula is C23H30N2O2. The largest absolute Gasteiger partial charge is 0.379 e. The molecule has 1 saturated heterocycles. The Kier molecular flexibility index (Phi) is 7.43. The molecule has 0 aliphatic carbocycles. The van der Waals surface area contributed by atoms with Gasteiger partial charge < -0.3 is 10.1 Å². The first-order valence-electron chi connectivity index (χ1n) is 9.97. The van der Waals surface area contributed by atoms with Gasteiger partial charge in [-0.15, -0.1) is 0 Å². The topological polar surface area (TPSA) is 41.6 Å². The van der Waals surface area contributed by atoms with Crippen LogP contribution < -0.4 is 5.32 Å². The number of ether oxygens (including phenoxy) is 1. The first-order chi connectivity index (χ1) is 13.3. The van der Waals surface area contributed by atoms with Crippen LogP contribution in [0.15, 0.2) is 54.6 Å². The molecule has 0 spiro atoms. The maximum atomic E-state index is 12.4. The zero-order valence-electron chi connectivity index (χ0n) is 16.2. The third-order valence-electron chi connectivity index (χ3n) is 5.24. The lowest BCUT2D eigenvalue weighted by molar-refractivity contribution is -0.121. The molecule has 1 amide bonds. The van der Waals surface area contributed by atoms with Gasteiger partial charge in [-0.3, -0.25) is 9.69 Å². The molecule has 4 nitrogen and oxygen atoms in total. The van der Waals surface area contributed by atoms with Crippen LogP contribution >= 0.6 is 0 Å². The number of carbonyl (C=O) groups is 1. The molecule has 1 aliphatic rings. The zero-order chi connectivity index (χ0) is 18.9. The molecule has 2 aromatic rings. The summed E-state index contributed by atoms with van der Waals surface area (Å²) < 4.78 is 5.51. The molecule has 2 aromatic carbocycles. The van der Waals surface area contributed by atoms with E-state index in [4.69, 9.17) is 4.74 Å². The van der Waals surface area contributed by atoms with E-state index in [1.54, 1.807) is 0 Å². The minimum atomic E-state index is 0.113. The molecule has 144 valence electrons. The van der Waals surface area contributed by atoms with Gasteiger partial charge in [-0.05, 0) is 29.5 Å². The number of nitrogens with one attached hydrogen (secondary N) is 1. The van der Waals surface area contributed by atoms with Crippen molar-refractivity contribution in [1.29, 1.82) is 0 Å². The maximum Gasteiger partial charge on any atom is 0.220 e. The van der Waals surface area contributed by atoms with Crippen LogP contribution in [0.3, 0.4) is 0 Å². The van der Waals surface area contributed by atoms with E-state index in [0.717, 1.165) is 39.1 Å². The van der Waals surface area contributed by atoms with Crippen molar-refractivity contribution in [2.24, 2.45) is 0 Å². The highest BCUT2D eigenvalue weighted by Crippen LogP contribution is 2.22. The molecule has 1 fully saturated rings. The van der Waals surface area contributed by atoms with Gasteiger partial charge in [0.15, 0.2) is 0 Å². The lowest BCUT2D eigenvalue weighted by atomic mass is 10.0. The Morgan fingerprint density at radius 2 is 1.74 bits per heavy atom. The monoisotopic (exact) mass is 366 g/mol. The summed E-state index contributed by atoms with van der Waals surface area (Å²) in [6.45, 7) is 6.12. The second-order valence-corrected chi connectivity index (χ2v) is 7.05. The van der Waals surface area contributed by atoms with Gasteiger partial charge in [0.2, 0.25) is 5.91 Å². The van der Waals surface area contributed by atoms with Crippen LogP contribution in [0.5, 0.6) is 0 Å². The zero-order valence-corrected chi connectivity index (χ0v) is 16.2. The number of nitrogens with zero attached hydrogens (tertiary/aromatic N) is 1. The van der Waals surface area contributed by atoms with Gasteiger partial charge in [0.05, 0.1) is 19.3 Å². The highest BCUT2D eigenvalue weighted by atomic mass is 16.5. The molecule has 1 aliphatic heterocycles. The summed E-state index contributed by atoms with van der Waals surface area (Å²) in [4.78, 5) is 14.8. The summed E-state index contributed by atoms with van der Waals surface area (Å²) in [6.07, 6.45) is 2.34. The first-order valence-corrected chi connectivity index (χ1v) is 9.97. The summed E-state index contributed by atoms with van der Waals surface area (Å²) >= 11 is 0. The highest BCUT2D eigenvalue weighted by Gasteiger charge is 2.23. The predicted molar refractivity (Wildman–Crippen MR) is 109 cm³/mol. The smallest absolute Gasteiger partial charge is 0.220 e. The van der Waals surface area contributed by atoms with E-state index in [9.17, 15) is 4.79 Å². The van der Waals surface area contributed by atoms with Crippen molar-refractivity contribution in [1.82, 2.24) is 10.2 Å². The number of hydrogen-bond donors (Lipinski definition) is 1. The Morgan fingerprint density at radius 1 is 1.04 bits per heavy atom. The third kappa shape index (κ3) is 5.91. The van der Waals surface area contributed by atoms with Gasteiger partial charge in [0.1, 0.15) is 0 Å². The SMILES string of the molecule is CCc1ccc(C(CNC(=O)CCc2ccccc2)N2CCOCC2)cc1. The molecule has 27 heavy (non-hydrogen) atoms. The van der Waals surface area contributed by atoms with Crippen molar-refractivity contribution in [2.75, 3.05) is 32.8 Å². The fraction of sp³-hybridized carbons (Fsp3) is 0.435. The Labute approximate surface area is 162 Å². The van der Waals surface area contributed by atoms with E-state index in [0.29, 0.717) is 13.0 Å². The van der Waals surface area contributed by atoms with E-state index in [2.05, 4.69) is 53.5 Å². The summed E-state index contributed by atoms with van der Waals surface area (Å²) in [7, 11) is 0. The van der Waals surface area contributed by atoms with E-state index in [1.807, 2.05) is 18.2 Å². The van der Waals surface area contributed by atoms with Gasteiger partial charge in [0, 0.05) is 26.1 Å². The second kappa shape index (κ2) is 10.2. The molecule has 1 atom stereocenters. The van der Waals surface area contributed by atoms with Crippen LogP contribution in [0.1, 0.15) is 36.1 Å². The number of aryl methyl sites for hydroxylation is 2. The molecule has 1 N–H and O–H groups in total. The Balaban J connectivity index is 1.59. The molecular weight excluding hydrogens is 336 g/mol. The fourth-order valence-electron chi connectivity index (χ4n) is 3.52. The molecule has 1 heterocycles. The number of amides is 1. The second-order valence-electron chi connectivity index (χ2n) is 7.05. The molecule has 1 unspecified atom stereocenters. The molecule has 0 bridgehead atoms. The van der Waals surface area contributed by atoms with E-state index >= 15 is 0 Å². The minimum Gasteiger partial charge on any atom is -0.379 e. The maximum absolute atomic E-state index is 12.4. The van der Waals surface area contributed by atoms with Gasteiger partial charge in [0.25, 0.3) is 0 Å². The van der Waals surface area contributed by atoms with E-state index in [1.165, 1.54) is 16.7 Å². The van der Waals surface area contributed by atoms with Crippen molar-refractivity contribution < 1.29 is 9.53 Å². The van der Waals surface area contributed by atoms with Crippen LogP contribution in [0.2, 0.25) is 0 Å². The van der Waals surface area contributed by atoms with Gasteiger partial charge in [-0.1, -0.05) is 61.5 Å². The molecule has 3 rings (SSSR count). The minimum absolute atomic E-state index is 0.113. The van der Waals surface area contributed by atoms with E-state index in [-0.39, 0.29) is 11.9 Å². The Hall–Kier alpha value is -2.17. The van der Waals surface area contributed by atoms with Crippen molar-refractivity contribution in [3.63, 3.8) is 0 Å². The fourth-order valence-corrected chi connectivity index (χ4v) is 3.52. The van der Waals surface area contributed by atoms with E-state index < -0.39 is 0 Å². The number of rotatable bonds is 8. The number of hydrogen-bond acceptors (Lipinski definition) is 3. The standard InChI is InChI=1S/C23H30N2O2/c1-2-19-8-11-21(12-9-19)22(25-14-16-27-17-15-25)18-24-23(26)13-10-20-6-4-3-5-7-20/h3-9,11-12,22H,2,10,13-18H2,1H3,(H,24,26). The average molecular weight is 367 g/mol. The summed E-state index contributed by atoms with van der Waals surface area (Å²) in [6, 6.07) is 19.2. The number of morpholine rings is 1. The Bertz CT molecular complexity index is 694.